The number of nitrogens with two attached hydrogens (primary N) is 1. The molecule has 1 aromatic rings. The fourth-order valence-electron chi connectivity index (χ4n) is 7.09. The average molecular weight is 618 g/mol. The van der Waals surface area contributed by atoms with E-state index in [0.29, 0.717) is 24.1 Å². The van der Waals surface area contributed by atoms with E-state index >= 15 is 0 Å². The highest BCUT2D eigenvalue weighted by Crippen LogP contribution is 2.53. The Kier molecular flexibility index (Phi) is 6.52. The molecule has 40 heavy (non-hydrogen) atoms. The van der Waals surface area contributed by atoms with Crippen molar-refractivity contribution in [1.29, 1.82) is 0 Å². The Morgan fingerprint density at radius 1 is 1.18 bits per heavy atom. The molecule has 2 saturated heterocycles. The van der Waals surface area contributed by atoms with Crippen LogP contribution in [0.1, 0.15) is 30.4 Å². The first-order chi connectivity index (χ1) is 19.0. The molecule has 214 valence electrons. The van der Waals surface area contributed by atoms with Gasteiger partial charge in [0.15, 0.2) is 11.4 Å². The highest BCUT2D eigenvalue weighted by atomic mass is 79.9. The number of fused-ring (bicyclic) bond motifs is 3. The molecule has 12 heteroatoms. The van der Waals surface area contributed by atoms with Gasteiger partial charge in [0.2, 0.25) is 5.78 Å². The molecule has 5 aliphatic rings. The van der Waals surface area contributed by atoms with Gasteiger partial charge in [-0.2, -0.15) is 0 Å². The van der Waals surface area contributed by atoms with E-state index in [2.05, 4.69) is 26.1 Å². The van der Waals surface area contributed by atoms with Gasteiger partial charge in [-0.05, 0) is 49.3 Å². The van der Waals surface area contributed by atoms with Gasteiger partial charge >= 0.3 is 0 Å². The fourth-order valence-corrected chi connectivity index (χ4v) is 7.62. The van der Waals surface area contributed by atoms with Crippen molar-refractivity contribution in [1.82, 2.24) is 5.32 Å². The molecule has 0 spiro atoms. The molecule has 2 aliphatic heterocycles. The monoisotopic (exact) mass is 617 g/mol. The summed E-state index contributed by atoms with van der Waals surface area (Å²) in [5.74, 6) is -6.59. The van der Waals surface area contributed by atoms with Gasteiger partial charge in [-0.1, -0.05) is 15.9 Å². The third kappa shape index (κ3) is 3.76. The van der Waals surface area contributed by atoms with Gasteiger partial charge in [-0.3, -0.25) is 14.4 Å². The highest BCUT2D eigenvalue weighted by Gasteiger charge is 2.64. The molecule has 7 N–H and O–H groups in total. The molecule has 0 unspecified atom stereocenters. The van der Waals surface area contributed by atoms with Crippen molar-refractivity contribution >= 4 is 44.9 Å². The number of primary amides is 1. The van der Waals surface area contributed by atoms with E-state index in [4.69, 9.17) is 10.5 Å². The SMILES string of the molecule is NC(=O)C1=C(O)[C@@]2(O)C(=O)C3=C(O)c4c(O)ccc(N5CCCC5)c4C[C@H]3C[C@H]2[C@@H](NCC2(CBr)COC2)C1=O. The normalized spacial score (nSPS) is 31.1. The molecule has 0 aromatic heterocycles. The first-order valence-corrected chi connectivity index (χ1v) is 14.6. The van der Waals surface area contributed by atoms with Crippen molar-refractivity contribution in [3.8, 4) is 5.75 Å². The molecule has 1 aromatic carbocycles. The Morgan fingerprint density at radius 3 is 2.48 bits per heavy atom. The number of aromatic hydroxyl groups is 1. The van der Waals surface area contributed by atoms with Gasteiger partial charge < -0.3 is 41.1 Å². The molecule has 1 amide bonds. The number of ketones is 2. The van der Waals surface area contributed by atoms with Crippen LogP contribution in [-0.2, 0) is 25.5 Å². The Morgan fingerprint density at radius 2 is 1.88 bits per heavy atom. The third-order valence-electron chi connectivity index (χ3n) is 9.30. The van der Waals surface area contributed by atoms with Crippen molar-refractivity contribution in [3.05, 3.63) is 40.2 Å². The quantitative estimate of drug-likeness (QED) is 0.199. The second-order valence-corrected chi connectivity index (χ2v) is 12.3. The van der Waals surface area contributed by atoms with E-state index in [1.807, 2.05) is 0 Å². The number of hydrogen-bond donors (Lipinski definition) is 6. The number of benzene rings is 1. The number of carbonyl (C=O) groups excluding carboxylic acids is 3. The summed E-state index contributed by atoms with van der Waals surface area (Å²) in [7, 11) is 0. The van der Waals surface area contributed by atoms with Crippen LogP contribution in [0.3, 0.4) is 0 Å². The molecule has 0 bridgehead atoms. The first-order valence-electron chi connectivity index (χ1n) is 13.5. The molecule has 4 atom stereocenters. The molecule has 1 saturated carbocycles. The van der Waals surface area contributed by atoms with Gasteiger partial charge in [0.1, 0.15) is 22.8 Å². The molecular weight excluding hydrogens is 586 g/mol. The van der Waals surface area contributed by atoms with E-state index in [1.54, 1.807) is 6.07 Å². The largest absolute Gasteiger partial charge is 0.508 e. The minimum Gasteiger partial charge on any atom is -0.508 e. The summed E-state index contributed by atoms with van der Waals surface area (Å²) in [6, 6.07) is 2.08. The van der Waals surface area contributed by atoms with Gasteiger partial charge in [-0.25, -0.2) is 0 Å². The van der Waals surface area contributed by atoms with Crippen molar-refractivity contribution in [2.45, 2.75) is 37.3 Å². The summed E-state index contributed by atoms with van der Waals surface area (Å²) in [6.45, 7) is 2.82. The summed E-state index contributed by atoms with van der Waals surface area (Å²) < 4.78 is 5.35. The number of hydrogen-bond acceptors (Lipinski definition) is 10. The molecule has 3 aliphatic carbocycles. The number of Topliss-reactive ketones (excluding diaryl/α,β-unsaturated/α-hetero) is 2. The summed E-state index contributed by atoms with van der Waals surface area (Å²) in [4.78, 5) is 42.1. The van der Waals surface area contributed by atoms with Crippen LogP contribution in [0, 0.1) is 17.3 Å². The van der Waals surface area contributed by atoms with Crippen LogP contribution < -0.4 is 16.0 Å². The smallest absolute Gasteiger partial charge is 0.255 e. The number of halogens is 1. The van der Waals surface area contributed by atoms with Crippen molar-refractivity contribution in [2.75, 3.05) is 43.1 Å². The van der Waals surface area contributed by atoms with Crippen molar-refractivity contribution < 1.29 is 39.5 Å². The molecule has 3 fully saturated rings. The number of ether oxygens (including phenoxy) is 1. The Bertz CT molecular complexity index is 1370. The highest BCUT2D eigenvalue weighted by molar-refractivity contribution is 9.09. The van der Waals surface area contributed by atoms with Gasteiger partial charge in [0.25, 0.3) is 5.91 Å². The number of amides is 1. The van der Waals surface area contributed by atoms with Crippen LogP contribution in [0.4, 0.5) is 5.69 Å². The minimum absolute atomic E-state index is 0.0491. The summed E-state index contributed by atoms with van der Waals surface area (Å²) in [5, 5.41) is 48.8. The minimum atomic E-state index is -2.67. The Labute approximate surface area is 238 Å². The van der Waals surface area contributed by atoms with Crippen LogP contribution in [0.25, 0.3) is 5.76 Å². The molecule has 0 radical (unpaired) electrons. The third-order valence-corrected chi connectivity index (χ3v) is 10.5. The molecule has 2 heterocycles. The number of alkyl halides is 1. The lowest BCUT2D eigenvalue weighted by Gasteiger charge is -2.50. The molecular formula is C28H32BrN3O8. The zero-order chi connectivity index (χ0) is 28.6. The van der Waals surface area contributed by atoms with Gasteiger partial charge in [0, 0.05) is 47.6 Å². The van der Waals surface area contributed by atoms with Crippen LogP contribution >= 0.6 is 15.9 Å². The van der Waals surface area contributed by atoms with Crippen LogP contribution in [0.2, 0.25) is 0 Å². The van der Waals surface area contributed by atoms with Gasteiger partial charge in [-0.15, -0.1) is 0 Å². The first kappa shape index (κ1) is 27.3. The van der Waals surface area contributed by atoms with E-state index in [9.17, 15) is 34.8 Å². The zero-order valence-electron chi connectivity index (χ0n) is 21.8. The summed E-state index contributed by atoms with van der Waals surface area (Å²) >= 11 is 3.48. The second kappa shape index (κ2) is 9.57. The summed E-state index contributed by atoms with van der Waals surface area (Å²) in [5.41, 5.74) is 3.15. The van der Waals surface area contributed by atoms with Crippen molar-refractivity contribution in [3.63, 3.8) is 0 Å². The predicted octanol–water partition coefficient (Wildman–Crippen LogP) is 1.00. The number of nitrogens with zero attached hydrogens (tertiary/aromatic N) is 1. The number of aliphatic hydroxyl groups excluding tert-OH is 2. The number of anilines is 1. The number of aliphatic hydroxyl groups is 3. The van der Waals surface area contributed by atoms with Crippen LogP contribution in [0.15, 0.2) is 29.0 Å². The number of carbonyl (C=O) groups is 3. The topological polar surface area (TPSA) is 183 Å². The molecule has 11 nitrogen and oxygen atoms in total. The number of phenols is 1. The maximum absolute atomic E-state index is 14.1. The number of phenolic OH excluding ortho intramolecular Hbond substituents is 1. The summed E-state index contributed by atoms with van der Waals surface area (Å²) in [6.07, 6.45) is 2.36. The van der Waals surface area contributed by atoms with Crippen LogP contribution in [-0.4, -0.2) is 87.7 Å². The number of rotatable bonds is 6. The lowest BCUT2D eigenvalue weighted by atomic mass is 9.57. The lowest BCUT2D eigenvalue weighted by molar-refractivity contribution is -0.151. The fraction of sp³-hybridized carbons (Fsp3) is 0.536. The maximum atomic E-state index is 14.1. The van der Waals surface area contributed by atoms with Gasteiger partial charge in [0.05, 0.1) is 24.8 Å². The van der Waals surface area contributed by atoms with Crippen molar-refractivity contribution in [2.24, 2.45) is 23.0 Å². The Hall–Kier alpha value is -2.93. The van der Waals surface area contributed by atoms with E-state index in [-0.39, 0.29) is 41.7 Å². The van der Waals surface area contributed by atoms with E-state index in [0.717, 1.165) is 31.6 Å². The van der Waals surface area contributed by atoms with E-state index in [1.165, 1.54) is 6.07 Å². The maximum Gasteiger partial charge on any atom is 0.255 e. The Balaban J connectivity index is 1.46. The predicted molar refractivity (Wildman–Crippen MR) is 147 cm³/mol. The standard InChI is InChI=1S/C28H32BrN3O8/c29-9-27(11-40-12-27)10-31-21-15-8-13-7-14-16(32-5-1-2-6-32)3-4-17(33)19(14)22(34)18(13)24(36)28(15,39)25(37)20(23(21)35)26(30)38/h3-4,13,15,21,31,33-34,37,39H,1-2,5-12H2,(H2,30,38)/t13-,15-,21+,28-/m0/s1. The average Bonchev–Trinajstić information content (AvgIpc) is 3.42. The van der Waals surface area contributed by atoms with Crippen LogP contribution in [0.5, 0.6) is 5.75 Å². The molecule has 6 rings (SSSR count). The second-order valence-electron chi connectivity index (χ2n) is 11.7. The number of nitrogens with one attached hydrogen (secondary N) is 1. The van der Waals surface area contributed by atoms with E-state index < -0.39 is 58.0 Å². The zero-order valence-corrected chi connectivity index (χ0v) is 23.4. The lowest BCUT2D eigenvalue weighted by Crippen LogP contribution is -2.67.